The lowest BCUT2D eigenvalue weighted by atomic mass is 9.80. The van der Waals surface area contributed by atoms with E-state index in [1.807, 2.05) is 84.9 Å². The number of oxime groups is 1. The van der Waals surface area contributed by atoms with Crippen molar-refractivity contribution in [3.8, 4) is 0 Å². The molecule has 2 heteroatoms. The molecule has 0 spiro atoms. The summed E-state index contributed by atoms with van der Waals surface area (Å²) in [6, 6.07) is 40.7. The lowest BCUT2D eigenvalue weighted by Gasteiger charge is -2.33. The van der Waals surface area contributed by atoms with Crippen LogP contribution in [0.25, 0.3) is 0 Å². The summed E-state index contributed by atoms with van der Waals surface area (Å²) in [7, 11) is 0. The molecule has 4 rings (SSSR count). The zero-order valence-corrected chi connectivity index (χ0v) is 15.5. The van der Waals surface area contributed by atoms with Gasteiger partial charge < -0.3 is 4.84 Å². The van der Waals surface area contributed by atoms with Gasteiger partial charge in [0.15, 0.2) is 0 Å². The maximum atomic E-state index is 6.36. The quantitative estimate of drug-likeness (QED) is 0.233. The van der Waals surface area contributed by atoms with Crippen LogP contribution in [0.15, 0.2) is 126 Å². The SMILES string of the molecule is C(=N\OC(c1ccccc1)(c1ccccc1)c1ccccc1)/c1ccccc1. The molecule has 0 fully saturated rings. The second kappa shape index (κ2) is 8.36. The van der Waals surface area contributed by atoms with Gasteiger partial charge in [-0.05, 0) is 5.56 Å². The normalized spacial score (nSPS) is 11.4. The van der Waals surface area contributed by atoms with E-state index in [-0.39, 0.29) is 0 Å². The first-order valence-corrected chi connectivity index (χ1v) is 9.33. The third-order valence-corrected chi connectivity index (χ3v) is 4.73. The first-order valence-electron chi connectivity index (χ1n) is 9.33. The molecule has 0 bridgehead atoms. The average molecular weight is 363 g/mol. The van der Waals surface area contributed by atoms with E-state index in [0.717, 1.165) is 22.3 Å². The molecule has 0 N–H and O–H groups in total. The first kappa shape index (κ1) is 17.7. The number of hydrogen-bond donors (Lipinski definition) is 0. The Morgan fingerprint density at radius 1 is 0.500 bits per heavy atom. The lowest BCUT2D eigenvalue weighted by molar-refractivity contribution is 0.0183. The Balaban J connectivity index is 1.87. The van der Waals surface area contributed by atoms with Crippen LogP contribution >= 0.6 is 0 Å². The van der Waals surface area contributed by atoms with E-state index in [1.165, 1.54) is 0 Å². The van der Waals surface area contributed by atoms with Crippen molar-refractivity contribution in [2.75, 3.05) is 0 Å². The van der Waals surface area contributed by atoms with Crippen molar-refractivity contribution in [3.05, 3.63) is 144 Å². The van der Waals surface area contributed by atoms with Crippen LogP contribution in [0, 0.1) is 0 Å². The van der Waals surface area contributed by atoms with Crippen LogP contribution in [-0.4, -0.2) is 6.21 Å². The molecule has 0 atom stereocenters. The maximum Gasteiger partial charge on any atom is 0.212 e. The molecule has 0 saturated carbocycles. The highest BCUT2D eigenvalue weighted by Gasteiger charge is 2.39. The number of benzene rings is 4. The van der Waals surface area contributed by atoms with Crippen molar-refractivity contribution < 1.29 is 4.84 Å². The van der Waals surface area contributed by atoms with Gasteiger partial charge in [-0.25, -0.2) is 0 Å². The molecule has 0 aliphatic rings. The van der Waals surface area contributed by atoms with E-state index >= 15 is 0 Å². The highest BCUT2D eigenvalue weighted by Crippen LogP contribution is 2.40. The van der Waals surface area contributed by atoms with Crippen LogP contribution in [0.2, 0.25) is 0 Å². The summed E-state index contributed by atoms with van der Waals surface area (Å²) in [6.07, 6.45) is 1.75. The second-order valence-corrected chi connectivity index (χ2v) is 6.52. The van der Waals surface area contributed by atoms with E-state index in [4.69, 9.17) is 4.84 Å². The molecule has 0 saturated heterocycles. The van der Waals surface area contributed by atoms with Crippen molar-refractivity contribution in [2.24, 2.45) is 5.16 Å². The summed E-state index contributed by atoms with van der Waals surface area (Å²) in [4.78, 5) is 6.36. The summed E-state index contributed by atoms with van der Waals surface area (Å²) in [5.41, 5.74) is 3.23. The molecule has 2 nitrogen and oxygen atoms in total. The molecule has 0 radical (unpaired) electrons. The van der Waals surface area contributed by atoms with Gasteiger partial charge in [0.05, 0.1) is 6.21 Å². The van der Waals surface area contributed by atoms with Crippen molar-refractivity contribution >= 4 is 6.21 Å². The minimum Gasteiger partial charge on any atom is -0.375 e. The Labute approximate surface area is 165 Å². The fourth-order valence-corrected chi connectivity index (χ4v) is 3.38. The Kier molecular flexibility index (Phi) is 5.30. The summed E-state index contributed by atoms with van der Waals surface area (Å²) < 4.78 is 0. The van der Waals surface area contributed by atoms with Gasteiger partial charge in [-0.3, -0.25) is 0 Å². The molecular weight excluding hydrogens is 342 g/mol. The zero-order valence-electron chi connectivity index (χ0n) is 15.5. The highest BCUT2D eigenvalue weighted by molar-refractivity contribution is 5.78. The van der Waals surface area contributed by atoms with Gasteiger partial charge in [-0.2, -0.15) is 0 Å². The molecule has 0 aromatic heterocycles. The summed E-state index contributed by atoms with van der Waals surface area (Å²) in [5, 5.41) is 4.42. The van der Waals surface area contributed by atoms with E-state index < -0.39 is 5.60 Å². The Morgan fingerprint density at radius 2 is 0.857 bits per heavy atom. The molecule has 136 valence electrons. The standard InChI is InChI=1S/C26H21NO/c1-5-13-22(14-6-1)21-27-28-26(23-15-7-2-8-16-23,24-17-9-3-10-18-24)25-19-11-4-12-20-25/h1-21H/b27-21+. The minimum absolute atomic E-state index is 0.838. The Morgan fingerprint density at radius 3 is 1.25 bits per heavy atom. The van der Waals surface area contributed by atoms with Crippen molar-refractivity contribution in [1.29, 1.82) is 0 Å². The zero-order chi connectivity index (χ0) is 19.1. The van der Waals surface area contributed by atoms with Crippen molar-refractivity contribution in [3.63, 3.8) is 0 Å². The van der Waals surface area contributed by atoms with Gasteiger partial charge in [-0.1, -0.05) is 126 Å². The summed E-state index contributed by atoms with van der Waals surface area (Å²) in [5.74, 6) is 0. The van der Waals surface area contributed by atoms with Crippen molar-refractivity contribution in [1.82, 2.24) is 0 Å². The highest BCUT2D eigenvalue weighted by atomic mass is 16.6. The largest absolute Gasteiger partial charge is 0.375 e. The van der Waals surface area contributed by atoms with Crippen LogP contribution < -0.4 is 0 Å². The fourth-order valence-electron chi connectivity index (χ4n) is 3.38. The minimum atomic E-state index is -0.838. The summed E-state index contributed by atoms with van der Waals surface area (Å²) >= 11 is 0. The van der Waals surface area contributed by atoms with Gasteiger partial charge in [0.2, 0.25) is 5.60 Å². The van der Waals surface area contributed by atoms with E-state index in [9.17, 15) is 0 Å². The predicted octanol–water partition coefficient (Wildman–Crippen LogP) is 6.03. The molecule has 0 heterocycles. The van der Waals surface area contributed by atoms with Crippen molar-refractivity contribution in [2.45, 2.75) is 5.60 Å². The first-order chi connectivity index (χ1) is 13.9. The van der Waals surface area contributed by atoms with Gasteiger partial charge in [0, 0.05) is 16.7 Å². The van der Waals surface area contributed by atoms with E-state index in [1.54, 1.807) is 6.21 Å². The lowest BCUT2D eigenvalue weighted by Crippen LogP contribution is -2.31. The second-order valence-electron chi connectivity index (χ2n) is 6.52. The predicted molar refractivity (Wildman–Crippen MR) is 114 cm³/mol. The molecule has 4 aromatic rings. The van der Waals surface area contributed by atoms with E-state index in [2.05, 4.69) is 41.6 Å². The summed E-state index contributed by atoms with van der Waals surface area (Å²) in [6.45, 7) is 0. The Hall–Kier alpha value is -3.65. The topological polar surface area (TPSA) is 21.6 Å². The smallest absolute Gasteiger partial charge is 0.212 e. The third-order valence-electron chi connectivity index (χ3n) is 4.73. The van der Waals surface area contributed by atoms with Gasteiger partial charge in [0.25, 0.3) is 0 Å². The number of rotatable bonds is 6. The molecule has 0 aliphatic heterocycles. The van der Waals surface area contributed by atoms with Crippen LogP contribution in [0.4, 0.5) is 0 Å². The number of nitrogens with zero attached hydrogens (tertiary/aromatic N) is 1. The monoisotopic (exact) mass is 363 g/mol. The van der Waals surface area contributed by atoms with Gasteiger partial charge >= 0.3 is 0 Å². The number of hydrogen-bond acceptors (Lipinski definition) is 2. The molecule has 28 heavy (non-hydrogen) atoms. The third kappa shape index (κ3) is 3.58. The molecule has 0 aliphatic carbocycles. The van der Waals surface area contributed by atoms with Crippen LogP contribution in [-0.2, 0) is 10.4 Å². The molecular formula is C26H21NO. The fraction of sp³-hybridized carbons (Fsp3) is 0.0385. The Bertz CT molecular complexity index is 916. The maximum absolute atomic E-state index is 6.36. The van der Waals surface area contributed by atoms with Gasteiger partial charge in [-0.15, -0.1) is 0 Å². The van der Waals surface area contributed by atoms with Gasteiger partial charge in [0.1, 0.15) is 0 Å². The van der Waals surface area contributed by atoms with Crippen LogP contribution in [0.3, 0.4) is 0 Å². The van der Waals surface area contributed by atoms with Crippen LogP contribution in [0.5, 0.6) is 0 Å². The molecule has 4 aromatic carbocycles. The molecule has 0 amide bonds. The average Bonchev–Trinajstić information content (AvgIpc) is 2.79. The van der Waals surface area contributed by atoms with E-state index in [0.29, 0.717) is 0 Å². The molecule has 0 unspecified atom stereocenters. The van der Waals surface area contributed by atoms with Crippen LogP contribution in [0.1, 0.15) is 22.3 Å².